The van der Waals surface area contributed by atoms with Gasteiger partial charge in [-0.15, -0.1) is 0 Å². The number of hydrogen-bond donors (Lipinski definition) is 1. The number of nitrogens with zero attached hydrogens (tertiary/aromatic N) is 3. The molecule has 0 spiro atoms. The Morgan fingerprint density at radius 3 is 2.57 bits per heavy atom. The summed E-state index contributed by atoms with van der Waals surface area (Å²) in [6.07, 6.45) is 2.75. The summed E-state index contributed by atoms with van der Waals surface area (Å²) >= 11 is 0. The van der Waals surface area contributed by atoms with Gasteiger partial charge in [0.25, 0.3) is 11.5 Å². The molecule has 0 radical (unpaired) electrons. The lowest BCUT2D eigenvalue weighted by molar-refractivity contribution is -0.112. The first-order valence-corrected chi connectivity index (χ1v) is 10.7. The van der Waals surface area contributed by atoms with Gasteiger partial charge in [-0.3, -0.25) is 14.0 Å². The van der Waals surface area contributed by atoms with Gasteiger partial charge in [-0.05, 0) is 61.4 Å². The highest BCUT2D eigenvalue weighted by atomic mass is 16.5. The maximum absolute atomic E-state index is 13.4. The summed E-state index contributed by atoms with van der Waals surface area (Å²) in [5.41, 5.74) is 1.85. The third-order valence-corrected chi connectivity index (χ3v) is 5.50. The van der Waals surface area contributed by atoms with Crippen LogP contribution in [0.5, 0.6) is 17.4 Å². The van der Waals surface area contributed by atoms with Crippen molar-refractivity contribution in [2.75, 3.05) is 12.4 Å². The number of carbonyl (C=O) groups excluding carboxylic acids is 1. The molecule has 0 aliphatic rings. The molecule has 4 aromatic rings. The third-order valence-electron chi connectivity index (χ3n) is 5.50. The molecule has 0 saturated carbocycles. The second-order valence-corrected chi connectivity index (χ2v) is 7.69. The number of fused-ring (bicyclic) bond motifs is 1. The molecule has 4 rings (SSSR count). The second kappa shape index (κ2) is 9.93. The lowest BCUT2D eigenvalue weighted by atomic mass is 10.1. The van der Waals surface area contributed by atoms with Crippen LogP contribution in [0, 0.1) is 25.2 Å². The molecule has 1 N–H and O–H groups in total. The largest absolute Gasteiger partial charge is 0.495 e. The van der Waals surface area contributed by atoms with Gasteiger partial charge in [-0.1, -0.05) is 30.3 Å². The van der Waals surface area contributed by atoms with Crippen LogP contribution in [0.25, 0.3) is 11.7 Å². The number of benzene rings is 2. The van der Waals surface area contributed by atoms with Gasteiger partial charge in [0.1, 0.15) is 34.4 Å². The number of aromatic nitrogens is 2. The highest BCUT2D eigenvalue weighted by Gasteiger charge is 2.19. The molecular weight excluding hydrogens is 444 g/mol. The van der Waals surface area contributed by atoms with Crippen LogP contribution in [0.3, 0.4) is 0 Å². The molecule has 0 saturated heterocycles. The smallest absolute Gasteiger partial charge is 0.269 e. The molecule has 0 fully saturated rings. The lowest BCUT2D eigenvalue weighted by Crippen LogP contribution is -2.20. The number of methoxy groups -OCH3 is 1. The van der Waals surface area contributed by atoms with Crippen LogP contribution < -0.4 is 20.3 Å². The Bertz CT molecular complexity index is 1560. The molecular formula is C27H22N4O4. The Kier molecular flexibility index (Phi) is 6.60. The molecule has 8 nitrogen and oxygen atoms in total. The van der Waals surface area contributed by atoms with Gasteiger partial charge in [0, 0.05) is 6.20 Å². The summed E-state index contributed by atoms with van der Waals surface area (Å²) in [7, 11) is 1.48. The van der Waals surface area contributed by atoms with Crippen molar-refractivity contribution >= 4 is 23.3 Å². The zero-order valence-corrected chi connectivity index (χ0v) is 19.4. The normalized spacial score (nSPS) is 11.1. The standard InChI is InChI=1S/C27H22N4O4/c1-17-9-8-12-22(18(17)2)35-26-20(27(33)31-14-7-6-13-24(31)30-26)15-19(16-28)25(32)29-21-10-4-5-11-23(21)34-3/h4-15H,1-3H3,(H,29,32)/b19-15-. The molecule has 0 atom stereocenters. The first kappa shape index (κ1) is 23.3. The van der Waals surface area contributed by atoms with Gasteiger partial charge in [0.05, 0.1) is 12.8 Å². The van der Waals surface area contributed by atoms with E-state index in [2.05, 4.69) is 10.3 Å². The Labute approximate surface area is 201 Å². The average molecular weight is 466 g/mol. The number of carbonyl (C=O) groups is 1. The van der Waals surface area contributed by atoms with Gasteiger partial charge < -0.3 is 14.8 Å². The van der Waals surface area contributed by atoms with Gasteiger partial charge in [0.15, 0.2) is 0 Å². The van der Waals surface area contributed by atoms with Gasteiger partial charge in [-0.2, -0.15) is 10.2 Å². The van der Waals surface area contributed by atoms with Crippen LogP contribution in [-0.2, 0) is 4.79 Å². The predicted octanol–water partition coefficient (Wildman–Crippen LogP) is 4.66. The van der Waals surface area contributed by atoms with E-state index in [1.165, 1.54) is 17.6 Å². The number of nitrogens with one attached hydrogen (secondary N) is 1. The number of pyridine rings is 1. The molecule has 1 amide bonds. The number of nitriles is 1. The van der Waals surface area contributed by atoms with Crippen LogP contribution in [0.4, 0.5) is 5.69 Å². The molecule has 8 heteroatoms. The van der Waals surface area contributed by atoms with Crippen LogP contribution in [-0.4, -0.2) is 22.4 Å². The van der Waals surface area contributed by atoms with Crippen molar-refractivity contribution in [3.8, 4) is 23.4 Å². The SMILES string of the molecule is COc1ccccc1NC(=O)/C(C#N)=C\c1c(Oc2cccc(C)c2C)nc2ccccn2c1=O. The highest BCUT2D eigenvalue weighted by Crippen LogP contribution is 2.29. The van der Waals surface area contributed by atoms with Crippen molar-refractivity contribution in [3.63, 3.8) is 0 Å². The molecule has 0 aliphatic heterocycles. The average Bonchev–Trinajstić information content (AvgIpc) is 2.87. The number of rotatable bonds is 6. The van der Waals surface area contributed by atoms with E-state index in [0.29, 0.717) is 22.8 Å². The lowest BCUT2D eigenvalue weighted by Gasteiger charge is -2.13. The first-order chi connectivity index (χ1) is 16.9. The minimum atomic E-state index is -0.702. The fourth-order valence-corrected chi connectivity index (χ4v) is 3.45. The Morgan fingerprint density at radius 1 is 1.06 bits per heavy atom. The van der Waals surface area contributed by atoms with Crippen LogP contribution in [0.15, 0.2) is 77.2 Å². The molecule has 35 heavy (non-hydrogen) atoms. The van der Waals surface area contributed by atoms with Crippen LogP contribution in [0.1, 0.15) is 16.7 Å². The third kappa shape index (κ3) is 4.75. The molecule has 0 bridgehead atoms. The van der Waals surface area contributed by atoms with E-state index in [1.807, 2.05) is 32.0 Å². The zero-order valence-electron chi connectivity index (χ0n) is 19.4. The fraction of sp³-hybridized carbons (Fsp3) is 0.111. The van der Waals surface area contributed by atoms with Gasteiger partial charge in [0.2, 0.25) is 5.88 Å². The summed E-state index contributed by atoms with van der Waals surface area (Å²) in [6, 6.07) is 19.3. The number of hydrogen-bond acceptors (Lipinski definition) is 6. The monoisotopic (exact) mass is 466 g/mol. The molecule has 2 heterocycles. The molecule has 2 aromatic carbocycles. The van der Waals surface area contributed by atoms with E-state index in [-0.39, 0.29) is 17.0 Å². The van der Waals surface area contributed by atoms with Crippen molar-refractivity contribution in [1.82, 2.24) is 9.38 Å². The number of amides is 1. The molecule has 0 aliphatic carbocycles. The van der Waals surface area contributed by atoms with Crippen LogP contribution >= 0.6 is 0 Å². The number of ether oxygens (including phenoxy) is 2. The van der Waals surface area contributed by atoms with Crippen molar-refractivity contribution in [1.29, 1.82) is 5.26 Å². The minimum absolute atomic E-state index is 0.00672. The summed E-state index contributed by atoms with van der Waals surface area (Å²) < 4.78 is 12.6. The van der Waals surface area contributed by atoms with E-state index in [1.54, 1.807) is 54.7 Å². The zero-order chi connectivity index (χ0) is 24.9. The summed E-state index contributed by atoms with van der Waals surface area (Å²) in [4.78, 5) is 30.8. The second-order valence-electron chi connectivity index (χ2n) is 7.69. The van der Waals surface area contributed by atoms with Crippen LogP contribution in [0.2, 0.25) is 0 Å². The van der Waals surface area contributed by atoms with E-state index >= 15 is 0 Å². The van der Waals surface area contributed by atoms with E-state index < -0.39 is 11.5 Å². The summed E-state index contributed by atoms with van der Waals surface area (Å²) in [6.45, 7) is 3.84. The van der Waals surface area contributed by atoms with E-state index in [0.717, 1.165) is 11.1 Å². The number of para-hydroxylation sites is 2. The number of aryl methyl sites for hydroxylation is 1. The van der Waals surface area contributed by atoms with Crippen molar-refractivity contribution < 1.29 is 14.3 Å². The van der Waals surface area contributed by atoms with E-state index in [4.69, 9.17) is 9.47 Å². The predicted molar refractivity (Wildman–Crippen MR) is 133 cm³/mol. The highest BCUT2D eigenvalue weighted by molar-refractivity contribution is 6.10. The topological polar surface area (TPSA) is 106 Å². The summed E-state index contributed by atoms with van der Waals surface area (Å²) in [5.74, 6) is 0.244. The van der Waals surface area contributed by atoms with Crippen molar-refractivity contribution in [3.05, 3.63) is 99.5 Å². The quantitative estimate of drug-likeness (QED) is 0.327. The Hall–Kier alpha value is -4.90. The van der Waals surface area contributed by atoms with Crippen molar-refractivity contribution in [2.24, 2.45) is 0 Å². The molecule has 2 aromatic heterocycles. The summed E-state index contributed by atoms with van der Waals surface area (Å²) in [5, 5.41) is 12.4. The van der Waals surface area contributed by atoms with Crippen molar-refractivity contribution in [2.45, 2.75) is 13.8 Å². The van der Waals surface area contributed by atoms with Gasteiger partial charge >= 0.3 is 0 Å². The minimum Gasteiger partial charge on any atom is -0.495 e. The number of anilines is 1. The maximum Gasteiger partial charge on any atom is 0.269 e. The first-order valence-electron chi connectivity index (χ1n) is 10.7. The maximum atomic E-state index is 13.4. The molecule has 174 valence electrons. The molecule has 0 unspecified atom stereocenters. The van der Waals surface area contributed by atoms with Gasteiger partial charge in [-0.25, -0.2) is 0 Å². The fourth-order valence-electron chi connectivity index (χ4n) is 3.45. The Balaban J connectivity index is 1.83. The Morgan fingerprint density at radius 2 is 1.80 bits per heavy atom. The van der Waals surface area contributed by atoms with E-state index in [9.17, 15) is 14.9 Å².